The molecule has 1 atom stereocenters. The van der Waals surface area contributed by atoms with Crippen molar-refractivity contribution in [2.45, 2.75) is 56.9 Å². The number of hydrogen-bond acceptors (Lipinski definition) is 4. The first-order chi connectivity index (χ1) is 18.8. The van der Waals surface area contributed by atoms with Gasteiger partial charge >= 0.3 is 18.0 Å². The molecule has 0 radical (unpaired) electrons. The number of amides is 1. The molecule has 1 saturated heterocycles. The summed E-state index contributed by atoms with van der Waals surface area (Å²) in [6, 6.07) is 9.81. The van der Waals surface area contributed by atoms with Gasteiger partial charge in [-0.05, 0) is 85.6 Å². The van der Waals surface area contributed by atoms with E-state index in [0.29, 0.717) is 56.0 Å². The van der Waals surface area contributed by atoms with Crippen molar-refractivity contribution in [3.05, 3.63) is 81.2 Å². The molecular formula is C29H28F6N2O3. The van der Waals surface area contributed by atoms with Gasteiger partial charge in [-0.25, -0.2) is 4.79 Å². The lowest BCUT2D eigenvalue weighted by molar-refractivity contribution is -0.143. The fourth-order valence-corrected chi connectivity index (χ4v) is 5.75. The number of halogens is 6. The quantitative estimate of drug-likeness (QED) is 0.257. The van der Waals surface area contributed by atoms with E-state index in [1.54, 1.807) is 12.1 Å². The van der Waals surface area contributed by atoms with Gasteiger partial charge in [0.15, 0.2) is 0 Å². The molecule has 2 aliphatic rings. The molecule has 2 N–H and O–H groups in total. The Morgan fingerprint density at radius 3 is 2.17 bits per heavy atom. The molecule has 1 aromatic heterocycles. The largest absolute Gasteiger partial charge is 0.423 e. The van der Waals surface area contributed by atoms with Crippen molar-refractivity contribution in [1.82, 2.24) is 10.6 Å². The van der Waals surface area contributed by atoms with Crippen LogP contribution < -0.4 is 16.3 Å². The summed E-state index contributed by atoms with van der Waals surface area (Å²) in [5, 5.41) is 6.65. The Morgan fingerprint density at radius 1 is 0.950 bits per heavy atom. The Kier molecular flexibility index (Phi) is 7.45. The average Bonchev–Trinajstić information content (AvgIpc) is 3.73. The highest BCUT2D eigenvalue weighted by Gasteiger charge is 2.48. The van der Waals surface area contributed by atoms with Crippen LogP contribution in [0.5, 0.6) is 0 Å². The molecule has 214 valence electrons. The summed E-state index contributed by atoms with van der Waals surface area (Å²) in [4.78, 5) is 25.8. The summed E-state index contributed by atoms with van der Waals surface area (Å²) in [5.41, 5.74) is -3.39. The smallest absolute Gasteiger partial charge is 0.416 e. The third kappa shape index (κ3) is 6.04. The number of nitrogens with one attached hydrogen (secondary N) is 2. The van der Waals surface area contributed by atoms with Gasteiger partial charge in [0.25, 0.3) is 0 Å². The van der Waals surface area contributed by atoms with Gasteiger partial charge in [-0.15, -0.1) is 0 Å². The van der Waals surface area contributed by atoms with Crippen LogP contribution in [-0.2, 0) is 23.7 Å². The van der Waals surface area contributed by atoms with E-state index in [1.165, 1.54) is 6.07 Å². The van der Waals surface area contributed by atoms with Crippen LogP contribution in [0, 0.1) is 11.3 Å². The van der Waals surface area contributed by atoms with E-state index < -0.39 is 47.0 Å². The minimum atomic E-state index is -4.98. The van der Waals surface area contributed by atoms with Gasteiger partial charge < -0.3 is 15.1 Å². The van der Waals surface area contributed by atoms with E-state index >= 15 is 0 Å². The summed E-state index contributed by atoms with van der Waals surface area (Å²) >= 11 is 0. The zero-order valence-electron chi connectivity index (χ0n) is 21.4. The second-order valence-electron chi connectivity index (χ2n) is 10.8. The number of carbonyl (C=O) groups is 1. The van der Waals surface area contributed by atoms with Crippen LogP contribution in [0.25, 0.3) is 11.0 Å². The molecule has 3 aromatic rings. The van der Waals surface area contributed by atoms with E-state index in [2.05, 4.69) is 10.6 Å². The summed E-state index contributed by atoms with van der Waals surface area (Å²) in [6.07, 6.45) is -6.36. The minimum Gasteiger partial charge on any atom is -0.423 e. The third-order valence-corrected chi connectivity index (χ3v) is 8.03. The molecule has 1 saturated carbocycles. The van der Waals surface area contributed by atoms with Crippen molar-refractivity contribution in [3.63, 3.8) is 0 Å². The van der Waals surface area contributed by atoms with Gasteiger partial charge in [-0.3, -0.25) is 4.79 Å². The maximum Gasteiger partial charge on any atom is 0.416 e. The van der Waals surface area contributed by atoms with Crippen LogP contribution in [0.15, 0.2) is 57.7 Å². The number of alkyl halides is 6. The van der Waals surface area contributed by atoms with E-state index in [4.69, 9.17) is 4.42 Å². The number of piperidine rings is 1. The van der Waals surface area contributed by atoms with E-state index in [9.17, 15) is 35.9 Å². The number of hydrogen-bond donors (Lipinski definition) is 2. The van der Waals surface area contributed by atoms with Crippen LogP contribution in [0.1, 0.15) is 60.3 Å². The van der Waals surface area contributed by atoms with Gasteiger partial charge in [-0.1, -0.05) is 25.0 Å². The SMILES string of the molecule is O=C(NCc1cc(C(F)(F)F)cc(C(F)(F)F)c1)C1(C(CC2CC2)c2ccc3ccc(=O)oc3c2)CCNCC1. The van der Waals surface area contributed by atoms with Crippen molar-refractivity contribution in [1.29, 1.82) is 0 Å². The number of rotatable bonds is 7. The highest BCUT2D eigenvalue weighted by atomic mass is 19.4. The maximum atomic E-state index is 13.9. The number of fused-ring (bicyclic) bond motifs is 1. The van der Waals surface area contributed by atoms with Crippen LogP contribution in [0.2, 0.25) is 0 Å². The summed E-state index contributed by atoms with van der Waals surface area (Å²) < 4.78 is 85.5. The van der Waals surface area contributed by atoms with Crippen molar-refractivity contribution in [3.8, 4) is 0 Å². The summed E-state index contributed by atoms with van der Waals surface area (Å²) in [5.74, 6) is -0.301. The Balaban J connectivity index is 1.48. The first-order valence-corrected chi connectivity index (χ1v) is 13.2. The predicted molar refractivity (Wildman–Crippen MR) is 135 cm³/mol. The fourth-order valence-electron chi connectivity index (χ4n) is 5.75. The Labute approximate surface area is 225 Å². The molecule has 1 unspecified atom stereocenters. The Bertz CT molecular complexity index is 1420. The molecule has 11 heteroatoms. The molecule has 0 bridgehead atoms. The molecule has 1 aliphatic carbocycles. The fraction of sp³-hybridized carbons (Fsp3) is 0.448. The monoisotopic (exact) mass is 566 g/mol. The summed E-state index contributed by atoms with van der Waals surface area (Å²) in [7, 11) is 0. The summed E-state index contributed by atoms with van der Waals surface area (Å²) in [6.45, 7) is 0.571. The van der Waals surface area contributed by atoms with Crippen molar-refractivity contribution >= 4 is 16.9 Å². The first kappa shape index (κ1) is 28.2. The second kappa shape index (κ2) is 10.6. The molecule has 1 aliphatic heterocycles. The van der Waals surface area contributed by atoms with Crippen molar-refractivity contribution in [2.24, 2.45) is 11.3 Å². The normalized spacial score (nSPS) is 18.4. The van der Waals surface area contributed by atoms with E-state index in [-0.39, 0.29) is 17.5 Å². The lowest BCUT2D eigenvalue weighted by Gasteiger charge is -2.43. The lowest BCUT2D eigenvalue weighted by atomic mass is 9.64. The maximum absolute atomic E-state index is 13.9. The zero-order valence-corrected chi connectivity index (χ0v) is 21.4. The molecule has 2 fully saturated rings. The zero-order chi connectivity index (χ0) is 28.7. The topological polar surface area (TPSA) is 71.3 Å². The van der Waals surface area contributed by atoms with Gasteiger partial charge in [0, 0.05) is 18.0 Å². The highest BCUT2D eigenvalue weighted by molar-refractivity contribution is 5.85. The van der Waals surface area contributed by atoms with Gasteiger partial charge in [-0.2, -0.15) is 26.3 Å². The molecular weight excluding hydrogens is 538 g/mol. The van der Waals surface area contributed by atoms with Crippen molar-refractivity contribution in [2.75, 3.05) is 13.1 Å². The van der Waals surface area contributed by atoms with Crippen LogP contribution in [-0.4, -0.2) is 19.0 Å². The van der Waals surface area contributed by atoms with E-state index in [0.717, 1.165) is 23.8 Å². The molecule has 0 spiro atoms. The lowest BCUT2D eigenvalue weighted by Crippen LogP contribution is -2.51. The van der Waals surface area contributed by atoms with Crippen LogP contribution in [0.4, 0.5) is 26.3 Å². The van der Waals surface area contributed by atoms with Gasteiger partial charge in [0.05, 0.1) is 16.5 Å². The Hall–Kier alpha value is -3.34. The number of carbonyl (C=O) groups excluding carboxylic acids is 1. The Morgan fingerprint density at radius 2 is 1.57 bits per heavy atom. The highest BCUT2D eigenvalue weighted by Crippen LogP contribution is 2.51. The van der Waals surface area contributed by atoms with E-state index in [1.807, 2.05) is 12.1 Å². The molecule has 1 amide bonds. The third-order valence-electron chi connectivity index (χ3n) is 8.03. The molecule has 2 heterocycles. The standard InChI is InChI=1S/C29H28F6N2O3/c30-28(31,32)21-11-18(12-22(15-21)29(33,34)35)16-37-26(39)27(7-9-36-10-8-27)23(13-17-1-2-17)20-4-3-19-5-6-25(38)40-24(19)14-20/h3-6,11-12,14-15,17,23,36H,1-2,7-10,13,16H2,(H,37,39). The average molecular weight is 567 g/mol. The van der Waals surface area contributed by atoms with Crippen LogP contribution in [0.3, 0.4) is 0 Å². The molecule has 5 rings (SSSR count). The van der Waals surface area contributed by atoms with Gasteiger partial charge in [0.1, 0.15) is 5.58 Å². The first-order valence-electron chi connectivity index (χ1n) is 13.2. The van der Waals surface area contributed by atoms with Crippen LogP contribution >= 0.6 is 0 Å². The molecule has 40 heavy (non-hydrogen) atoms. The minimum absolute atomic E-state index is 0.0728. The second-order valence-corrected chi connectivity index (χ2v) is 10.8. The van der Waals surface area contributed by atoms with Crippen molar-refractivity contribution < 1.29 is 35.6 Å². The molecule has 2 aromatic carbocycles. The molecule has 5 nitrogen and oxygen atoms in total. The predicted octanol–water partition coefficient (Wildman–Crippen LogP) is 6.40. The van der Waals surface area contributed by atoms with Gasteiger partial charge in [0.2, 0.25) is 5.91 Å². The number of benzene rings is 2.